The zero-order chi connectivity index (χ0) is 11.5. The van der Waals surface area contributed by atoms with E-state index in [-0.39, 0.29) is 0 Å². The van der Waals surface area contributed by atoms with Gasteiger partial charge in [-0.2, -0.15) is 0 Å². The molecule has 0 bridgehead atoms. The van der Waals surface area contributed by atoms with Crippen LogP contribution in [0.5, 0.6) is 0 Å². The SMILES string of the molecule is c1ccc2[nH]c(NCCn3ccnn3)nc2c1. The molecule has 2 heterocycles. The van der Waals surface area contributed by atoms with Gasteiger partial charge in [0.2, 0.25) is 5.95 Å². The Morgan fingerprint density at radius 3 is 3.06 bits per heavy atom. The number of imidazole rings is 1. The van der Waals surface area contributed by atoms with Gasteiger partial charge < -0.3 is 10.3 Å². The number of hydrogen-bond donors (Lipinski definition) is 2. The highest BCUT2D eigenvalue weighted by molar-refractivity contribution is 5.77. The Kier molecular flexibility index (Phi) is 2.45. The second-order valence-electron chi connectivity index (χ2n) is 3.70. The Morgan fingerprint density at radius 1 is 1.29 bits per heavy atom. The topological polar surface area (TPSA) is 71.4 Å². The van der Waals surface area contributed by atoms with Crippen LogP contribution >= 0.6 is 0 Å². The highest BCUT2D eigenvalue weighted by Crippen LogP contribution is 2.12. The van der Waals surface area contributed by atoms with E-state index < -0.39 is 0 Å². The summed E-state index contributed by atoms with van der Waals surface area (Å²) in [7, 11) is 0. The number of para-hydroxylation sites is 2. The van der Waals surface area contributed by atoms with E-state index in [0.29, 0.717) is 0 Å². The van der Waals surface area contributed by atoms with Crippen LogP contribution in [0.1, 0.15) is 0 Å². The lowest BCUT2D eigenvalue weighted by molar-refractivity contribution is 0.608. The predicted molar refractivity (Wildman–Crippen MR) is 64.6 cm³/mol. The molecule has 0 aliphatic carbocycles. The fourth-order valence-electron chi connectivity index (χ4n) is 1.68. The second kappa shape index (κ2) is 4.25. The van der Waals surface area contributed by atoms with Gasteiger partial charge in [-0.05, 0) is 12.1 Å². The Bertz CT molecular complexity index is 564. The monoisotopic (exact) mass is 228 g/mol. The highest BCUT2D eigenvalue weighted by atomic mass is 15.4. The Hall–Kier alpha value is -2.37. The van der Waals surface area contributed by atoms with Crippen molar-refractivity contribution in [2.75, 3.05) is 11.9 Å². The quantitative estimate of drug-likeness (QED) is 0.705. The molecule has 86 valence electrons. The third-order valence-electron chi connectivity index (χ3n) is 2.49. The number of aromatic nitrogens is 5. The molecule has 0 atom stereocenters. The lowest BCUT2D eigenvalue weighted by atomic mass is 10.3. The largest absolute Gasteiger partial charge is 0.354 e. The van der Waals surface area contributed by atoms with Gasteiger partial charge in [0.1, 0.15) is 0 Å². The second-order valence-corrected chi connectivity index (χ2v) is 3.70. The summed E-state index contributed by atoms with van der Waals surface area (Å²) in [4.78, 5) is 7.63. The van der Waals surface area contributed by atoms with E-state index in [9.17, 15) is 0 Å². The van der Waals surface area contributed by atoms with Crippen LogP contribution < -0.4 is 5.32 Å². The lowest BCUT2D eigenvalue weighted by Crippen LogP contribution is -2.11. The fraction of sp³-hybridized carbons (Fsp3) is 0.182. The summed E-state index contributed by atoms with van der Waals surface area (Å²) in [6.07, 6.45) is 3.50. The van der Waals surface area contributed by atoms with Crippen molar-refractivity contribution >= 4 is 17.0 Å². The first-order valence-electron chi connectivity index (χ1n) is 5.44. The molecule has 0 amide bonds. The molecule has 2 aromatic heterocycles. The van der Waals surface area contributed by atoms with E-state index in [2.05, 4.69) is 25.6 Å². The van der Waals surface area contributed by atoms with Crippen LogP contribution in [0.15, 0.2) is 36.7 Å². The van der Waals surface area contributed by atoms with Gasteiger partial charge in [-0.3, -0.25) is 4.68 Å². The van der Waals surface area contributed by atoms with Crippen molar-refractivity contribution in [2.24, 2.45) is 0 Å². The number of hydrogen-bond acceptors (Lipinski definition) is 4. The summed E-state index contributed by atoms with van der Waals surface area (Å²) in [6, 6.07) is 7.95. The van der Waals surface area contributed by atoms with Gasteiger partial charge in [-0.25, -0.2) is 4.98 Å². The average Bonchev–Trinajstić information content (AvgIpc) is 2.96. The summed E-state index contributed by atoms with van der Waals surface area (Å²) in [5, 5.41) is 10.8. The Labute approximate surface area is 97.7 Å². The van der Waals surface area contributed by atoms with Crippen LogP contribution in [0.25, 0.3) is 11.0 Å². The number of anilines is 1. The Morgan fingerprint density at radius 2 is 2.24 bits per heavy atom. The van der Waals surface area contributed by atoms with Crippen molar-refractivity contribution < 1.29 is 0 Å². The minimum atomic E-state index is 0.753. The standard InChI is InChI=1S/C11H12N6/c1-2-4-10-9(3-1)14-11(15-10)12-5-7-17-8-6-13-16-17/h1-4,6,8H,5,7H2,(H2,12,14,15). The van der Waals surface area contributed by atoms with Crippen LogP contribution in [0.3, 0.4) is 0 Å². The van der Waals surface area contributed by atoms with E-state index in [1.807, 2.05) is 30.5 Å². The molecule has 0 fully saturated rings. The van der Waals surface area contributed by atoms with Gasteiger partial charge in [0.25, 0.3) is 0 Å². The number of rotatable bonds is 4. The number of nitrogens with zero attached hydrogens (tertiary/aromatic N) is 4. The molecule has 0 saturated heterocycles. The molecular formula is C11H12N6. The first-order chi connectivity index (χ1) is 8.42. The normalized spacial score (nSPS) is 10.8. The van der Waals surface area contributed by atoms with Crippen LogP contribution in [-0.4, -0.2) is 31.5 Å². The predicted octanol–water partition coefficient (Wildman–Crippen LogP) is 1.27. The van der Waals surface area contributed by atoms with E-state index in [0.717, 1.165) is 30.1 Å². The molecule has 17 heavy (non-hydrogen) atoms. The molecule has 3 rings (SSSR count). The maximum atomic E-state index is 4.42. The fourth-order valence-corrected chi connectivity index (χ4v) is 1.68. The number of nitrogens with one attached hydrogen (secondary N) is 2. The molecule has 0 aliphatic heterocycles. The maximum Gasteiger partial charge on any atom is 0.201 e. The van der Waals surface area contributed by atoms with Crippen molar-refractivity contribution in [1.29, 1.82) is 0 Å². The number of fused-ring (bicyclic) bond motifs is 1. The molecular weight excluding hydrogens is 216 g/mol. The minimum Gasteiger partial charge on any atom is -0.354 e. The molecule has 0 unspecified atom stereocenters. The van der Waals surface area contributed by atoms with E-state index in [1.165, 1.54) is 0 Å². The van der Waals surface area contributed by atoms with Gasteiger partial charge in [0, 0.05) is 12.7 Å². The Balaban J connectivity index is 1.65. The summed E-state index contributed by atoms with van der Waals surface area (Å²) >= 11 is 0. The third kappa shape index (κ3) is 2.10. The van der Waals surface area contributed by atoms with Crippen LogP contribution in [0, 0.1) is 0 Å². The number of H-pyrrole nitrogens is 1. The molecule has 2 N–H and O–H groups in total. The smallest absolute Gasteiger partial charge is 0.201 e. The molecule has 6 nitrogen and oxygen atoms in total. The summed E-state index contributed by atoms with van der Waals surface area (Å²) < 4.78 is 1.77. The average molecular weight is 228 g/mol. The molecule has 0 spiro atoms. The highest BCUT2D eigenvalue weighted by Gasteiger charge is 2.00. The zero-order valence-electron chi connectivity index (χ0n) is 9.17. The van der Waals surface area contributed by atoms with Gasteiger partial charge in [0.15, 0.2) is 0 Å². The van der Waals surface area contributed by atoms with Crippen molar-refractivity contribution in [1.82, 2.24) is 25.0 Å². The minimum absolute atomic E-state index is 0.753. The number of aromatic amines is 1. The molecule has 0 aliphatic rings. The summed E-state index contributed by atoms with van der Waals surface area (Å²) in [5.74, 6) is 0.784. The van der Waals surface area contributed by atoms with Gasteiger partial charge in [-0.15, -0.1) is 5.10 Å². The first kappa shape index (κ1) is 9.83. The van der Waals surface area contributed by atoms with Gasteiger partial charge in [0.05, 0.1) is 23.8 Å². The van der Waals surface area contributed by atoms with Crippen LogP contribution in [0.2, 0.25) is 0 Å². The van der Waals surface area contributed by atoms with E-state index in [4.69, 9.17) is 0 Å². The summed E-state index contributed by atoms with van der Waals surface area (Å²) in [6.45, 7) is 1.51. The third-order valence-corrected chi connectivity index (χ3v) is 2.49. The van der Waals surface area contributed by atoms with Gasteiger partial charge >= 0.3 is 0 Å². The molecule has 3 aromatic rings. The zero-order valence-corrected chi connectivity index (χ0v) is 9.17. The van der Waals surface area contributed by atoms with Crippen molar-refractivity contribution in [3.63, 3.8) is 0 Å². The van der Waals surface area contributed by atoms with Crippen LogP contribution in [-0.2, 0) is 6.54 Å². The summed E-state index contributed by atoms with van der Waals surface area (Å²) in [5.41, 5.74) is 2.01. The van der Waals surface area contributed by atoms with Gasteiger partial charge in [-0.1, -0.05) is 17.3 Å². The van der Waals surface area contributed by atoms with Crippen molar-refractivity contribution in [3.05, 3.63) is 36.7 Å². The lowest BCUT2D eigenvalue weighted by Gasteiger charge is -2.01. The molecule has 1 aromatic carbocycles. The van der Waals surface area contributed by atoms with Crippen molar-refractivity contribution in [3.8, 4) is 0 Å². The van der Waals surface area contributed by atoms with E-state index >= 15 is 0 Å². The van der Waals surface area contributed by atoms with Crippen molar-refractivity contribution in [2.45, 2.75) is 6.54 Å². The molecule has 0 saturated carbocycles. The molecule has 0 radical (unpaired) electrons. The maximum absolute atomic E-state index is 4.42. The number of benzene rings is 1. The molecule has 6 heteroatoms. The first-order valence-corrected chi connectivity index (χ1v) is 5.44. The van der Waals surface area contributed by atoms with E-state index in [1.54, 1.807) is 10.9 Å². The van der Waals surface area contributed by atoms with Crippen LogP contribution in [0.4, 0.5) is 5.95 Å².